The molecule has 186 valence electrons. The van der Waals surface area contributed by atoms with Crippen molar-refractivity contribution in [2.24, 2.45) is 5.73 Å². The van der Waals surface area contributed by atoms with Crippen LogP contribution in [0.2, 0.25) is 5.02 Å². The topological polar surface area (TPSA) is 112 Å². The van der Waals surface area contributed by atoms with Crippen molar-refractivity contribution >= 4 is 67.0 Å². The van der Waals surface area contributed by atoms with Crippen LogP contribution in [-0.2, 0) is 0 Å². The van der Waals surface area contributed by atoms with Gasteiger partial charge >= 0.3 is 6.09 Å². The zero-order valence-electron chi connectivity index (χ0n) is 19.3. The van der Waals surface area contributed by atoms with E-state index >= 15 is 0 Å². The molecule has 0 bridgehead atoms. The van der Waals surface area contributed by atoms with Gasteiger partial charge in [-0.2, -0.15) is 0 Å². The Morgan fingerprint density at radius 3 is 2.47 bits per heavy atom. The van der Waals surface area contributed by atoms with Gasteiger partial charge in [0.15, 0.2) is 0 Å². The fraction of sp³-hybridized carbons (Fsp3) is 0.231. The Balaban J connectivity index is 1.54. The molecule has 2 amide bonds. The molecule has 0 atom stereocenters. The van der Waals surface area contributed by atoms with Crippen LogP contribution in [0.3, 0.4) is 0 Å². The number of ether oxygens (including phenoxy) is 1. The molecule has 4 aromatic rings. The Morgan fingerprint density at radius 2 is 1.81 bits per heavy atom. The van der Waals surface area contributed by atoms with E-state index in [2.05, 4.69) is 25.8 Å². The minimum absolute atomic E-state index is 0.395. The first-order valence-corrected chi connectivity index (χ1v) is 13.0. The van der Waals surface area contributed by atoms with E-state index in [1.807, 2.05) is 42.5 Å². The minimum Gasteiger partial charge on any atom is -0.491 e. The number of carbonyl (C=O) groups excluding carboxylic acids is 1. The lowest BCUT2D eigenvalue weighted by molar-refractivity contribution is 0.100. The van der Waals surface area contributed by atoms with Crippen LogP contribution in [0, 0.1) is 0 Å². The quantitative estimate of drug-likeness (QED) is 0.272. The van der Waals surface area contributed by atoms with Gasteiger partial charge in [-0.3, -0.25) is 4.79 Å². The SMILES string of the molecule is NC(=O)c1cc(-c2ccc(OCCBr)c(Cl)c2)cc2c1[nH]c1cc(N3CCN(C(=O)O)CC3)ccc12. The lowest BCUT2D eigenvalue weighted by Crippen LogP contribution is -2.48. The number of carbonyl (C=O) groups is 2. The zero-order chi connectivity index (χ0) is 25.4. The summed E-state index contributed by atoms with van der Waals surface area (Å²) in [5, 5.41) is 12.2. The van der Waals surface area contributed by atoms with E-state index in [1.54, 1.807) is 6.07 Å². The number of H-pyrrole nitrogens is 1. The Labute approximate surface area is 220 Å². The largest absolute Gasteiger partial charge is 0.491 e. The van der Waals surface area contributed by atoms with Crippen LogP contribution in [0.5, 0.6) is 5.75 Å². The number of rotatable bonds is 6. The van der Waals surface area contributed by atoms with Crippen molar-refractivity contribution in [3.8, 4) is 16.9 Å². The first kappa shape index (κ1) is 24.3. The summed E-state index contributed by atoms with van der Waals surface area (Å²) >= 11 is 9.79. The Kier molecular flexibility index (Phi) is 6.68. The summed E-state index contributed by atoms with van der Waals surface area (Å²) < 4.78 is 5.64. The molecule has 4 N–H and O–H groups in total. The van der Waals surface area contributed by atoms with E-state index in [0.29, 0.717) is 60.0 Å². The molecule has 1 aliphatic heterocycles. The van der Waals surface area contributed by atoms with E-state index in [-0.39, 0.29) is 0 Å². The average molecular weight is 572 g/mol. The molecule has 1 aliphatic rings. The van der Waals surface area contributed by atoms with Gasteiger partial charge in [0.25, 0.3) is 5.91 Å². The summed E-state index contributed by atoms with van der Waals surface area (Å²) in [5.41, 5.74) is 10.4. The lowest BCUT2D eigenvalue weighted by Gasteiger charge is -2.34. The molecule has 0 unspecified atom stereocenters. The molecule has 0 aliphatic carbocycles. The van der Waals surface area contributed by atoms with Crippen molar-refractivity contribution in [3.05, 3.63) is 59.1 Å². The second-order valence-corrected chi connectivity index (χ2v) is 9.81. The van der Waals surface area contributed by atoms with Crippen LogP contribution < -0.4 is 15.4 Å². The fourth-order valence-electron chi connectivity index (χ4n) is 4.65. The van der Waals surface area contributed by atoms with Gasteiger partial charge in [0.1, 0.15) is 5.75 Å². The van der Waals surface area contributed by atoms with Crippen LogP contribution in [0.1, 0.15) is 10.4 Å². The number of benzene rings is 3. The molecular weight excluding hydrogens is 548 g/mol. The van der Waals surface area contributed by atoms with Crippen LogP contribution in [-0.4, -0.2) is 65.1 Å². The van der Waals surface area contributed by atoms with Gasteiger partial charge in [0.05, 0.1) is 22.7 Å². The normalized spacial score (nSPS) is 13.9. The monoisotopic (exact) mass is 570 g/mol. The maximum Gasteiger partial charge on any atom is 0.407 e. The Morgan fingerprint density at radius 1 is 1.03 bits per heavy atom. The highest BCUT2D eigenvalue weighted by molar-refractivity contribution is 9.09. The van der Waals surface area contributed by atoms with E-state index in [1.165, 1.54) is 4.90 Å². The molecule has 1 fully saturated rings. The molecular formula is C26H24BrClN4O4. The summed E-state index contributed by atoms with van der Waals surface area (Å²) in [5.74, 6) is 0.0710. The molecule has 8 nitrogen and oxygen atoms in total. The van der Waals surface area contributed by atoms with Crippen molar-refractivity contribution < 1.29 is 19.4 Å². The molecule has 3 aromatic carbocycles. The van der Waals surface area contributed by atoms with Crippen LogP contribution in [0.15, 0.2) is 48.5 Å². The van der Waals surface area contributed by atoms with Gasteiger partial charge in [-0.1, -0.05) is 39.7 Å². The third-order valence-electron chi connectivity index (χ3n) is 6.47. The summed E-state index contributed by atoms with van der Waals surface area (Å²) in [6.07, 6.45) is -0.891. The number of aromatic nitrogens is 1. The highest BCUT2D eigenvalue weighted by Gasteiger charge is 2.21. The number of nitrogens with one attached hydrogen (secondary N) is 1. The van der Waals surface area contributed by atoms with E-state index in [9.17, 15) is 14.7 Å². The standard InChI is InChI=1S/C26H24BrClN4O4/c27-5-10-36-23-4-1-15(13-21(23)28)16-11-19-18-3-2-17(31-6-8-32(9-7-31)26(34)35)14-22(18)30-24(19)20(12-16)25(29)33/h1-4,11-14,30H,5-10H2,(H2,29,33)(H,34,35). The number of hydrogen-bond donors (Lipinski definition) is 3. The molecule has 0 radical (unpaired) electrons. The average Bonchev–Trinajstić information content (AvgIpc) is 3.25. The van der Waals surface area contributed by atoms with E-state index in [4.69, 9.17) is 22.1 Å². The van der Waals surface area contributed by atoms with Gasteiger partial charge in [-0.05, 0) is 47.5 Å². The van der Waals surface area contributed by atoms with E-state index < -0.39 is 12.0 Å². The Hall–Kier alpha value is -3.43. The Bertz CT molecular complexity index is 1480. The lowest BCUT2D eigenvalue weighted by atomic mass is 9.98. The molecule has 1 saturated heterocycles. The summed E-state index contributed by atoms with van der Waals surface area (Å²) in [7, 11) is 0. The van der Waals surface area contributed by atoms with Crippen LogP contribution >= 0.6 is 27.5 Å². The molecule has 10 heteroatoms. The first-order chi connectivity index (χ1) is 17.4. The van der Waals surface area contributed by atoms with Crippen molar-refractivity contribution in [1.82, 2.24) is 9.88 Å². The number of carboxylic acid groups (broad SMARTS) is 1. The molecule has 1 aromatic heterocycles. The number of halogens is 2. The van der Waals surface area contributed by atoms with Gasteiger partial charge in [-0.25, -0.2) is 4.79 Å². The first-order valence-electron chi connectivity index (χ1n) is 11.5. The highest BCUT2D eigenvalue weighted by Crippen LogP contribution is 2.36. The smallest absolute Gasteiger partial charge is 0.407 e. The number of alkyl halides is 1. The molecule has 0 saturated carbocycles. The second-order valence-electron chi connectivity index (χ2n) is 8.60. The molecule has 0 spiro atoms. The predicted octanol–water partition coefficient (Wildman–Crippen LogP) is 5.31. The van der Waals surface area contributed by atoms with Crippen LogP contribution in [0.25, 0.3) is 32.9 Å². The van der Waals surface area contributed by atoms with Crippen LogP contribution in [0.4, 0.5) is 10.5 Å². The van der Waals surface area contributed by atoms with Crippen molar-refractivity contribution in [1.29, 1.82) is 0 Å². The number of amides is 2. The molecule has 2 heterocycles. The third kappa shape index (κ3) is 4.56. The van der Waals surface area contributed by atoms with E-state index in [0.717, 1.165) is 33.1 Å². The highest BCUT2D eigenvalue weighted by atomic mass is 79.9. The van der Waals surface area contributed by atoms with Crippen molar-refractivity contribution in [2.75, 3.05) is 43.0 Å². The third-order valence-corrected chi connectivity index (χ3v) is 7.09. The number of piperazine rings is 1. The number of nitrogens with two attached hydrogens (primary N) is 1. The predicted molar refractivity (Wildman–Crippen MR) is 146 cm³/mol. The fourth-order valence-corrected chi connectivity index (χ4v) is 5.05. The van der Waals surface area contributed by atoms with Crippen molar-refractivity contribution in [3.63, 3.8) is 0 Å². The minimum atomic E-state index is -0.891. The number of anilines is 1. The number of aromatic amines is 1. The second kappa shape index (κ2) is 9.91. The van der Waals surface area contributed by atoms with Gasteiger partial charge in [0, 0.05) is 53.5 Å². The van der Waals surface area contributed by atoms with Gasteiger partial charge in [-0.15, -0.1) is 0 Å². The summed E-state index contributed by atoms with van der Waals surface area (Å²) in [4.78, 5) is 30.6. The van der Waals surface area contributed by atoms with Crippen molar-refractivity contribution in [2.45, 2.75) is 0 Å². The summed E-state index contributed by atoms with van der Waals surface area (Å²) in [6.45, 7) is 2.65. The maximum atomic E-state index is 12.4. The number of primary amides is 1. The number of hydrogen-bond acceptors (Lipinski definition) is 4. The van der Waals surface area contributed by atoms with Gasteiger partial charge < -0.3 is 30.4 Å². The maximum absolute atomic E-state index is 12.4. The molecule has 5 rings (SSSR count). The summed E-state index contributed by atoms with van der Waals surface area (Å²) in [6, 6.07) is 15.4. The van der Waals surface area contributed by atoms with Gasteiger partial charge in [0.2, 0.25) is 0 Å². The zero-order valence-corrected chi connectivity index (χ0v) is 21.6. The number of fused-ring (bicyclic) bond motifs is 3. The molecule has 36 heavy (non-hydrogen) atoms. The number of nitrogens with zero attached hydrogens (tertiary/aromatic N) is 2.